The molecule has 2 aromatic carbocycles. The lowest BCUT2D eigenvalue weighted by atomic mass is 10.0. The molecule has 0 bridgehead atoms. The van der Waals surface area contributed by atoms with E-state index < -0.39 is 0 Å². The molecule has 2 rings (SSSR count). The van der Waals surface area contributed by atoms with Crippen LogP contribution in [0.4, 0.5) is 5.69 Å². The molecular formula is C19H25N3O. The first-order chi connectivity index (χ1) is 11.1. The Balaban J connectivity index is 1.88. The van der Waals surface area contributed by atoms with Gasteiger partial charge in [-0.3, -0.25) is 4.99 Å². The van der Waals surface area contributed by atoms with Gasteiger partial charge < -0.3 is 15.8 Å². The number of nitrogens with zero attached hydrogens (tertiary/aromatic N) is 1. The van der Waals surface area contributed by atoms with Gasteiger partial charge in [0, 0.05) is 12.2 Å². The summed E-state index contributed by atoms with van der Waals surface area (Å²) in [6.07, 6.45) is 0.846. The first kappa shape index (κ1) is 16.9. The fraction of sp³-hybridized carbons (Fsp3) is 0.316. The second-order valence-electron chi connectivity index (χ2n) is 5.77. The predicted molar refractivity (Wildman–Crippen MR) is 97.3 cm³/mol. The maximum absolute atomic E-state index is 5.96. The molecule has 4 heteroatoms. The third-order valence-corrected chi connectivity index (χ3v) is 3.67. The largest absolute Gasteiger partial charge is 0.497 e. The molecule has 4 nitrogen and oxygen atoms in total. The summed E-state index contributed by atoms with van der Waals surface area (Å²) in [5.74, 6) is 1.80. The second-order valence-corrected chi connectivity index (χ2v) is 5.77. The van der Waals surface area contributed by atoms with Gasteiger partial charge in [0.05, 0.1) is 7.11 Å². The van der Waals surface area contributed by atoms with E-state index in [1.54, 1.807) is 7.11 Å². The highest BCUT2D eigenvalue weighted by Crippen LogP contribution is 2.18. The minimum Gasteiger partial charge on any atom is -0.497 e. The summed E-state index contributed by atoms with van der Waals surface area (Å²) in [7, 11) is 1.67. The number of rotatable bonds is 6. The molecular weight excluding hydrogens is 286 g/mol. The number of guanidine groups is 1. The lowest BCUT2D eigenvalue weighted by Gasteiger charge is -2.10. The number of methoxy groups -OCH3 is 1. The summed E-state index contributed by atoms with van der Waals surface area (Å²) in [4.78, 5) is 4.38. The van der Waals surface area contributed by atoms with Crippen molar-refractivity contribution in [1.29, 1.82) is 0 Å². The van der Waals surface area contributed by atoms with Crippen LogP contribution in [0, 0.1) is 0 Å². The smallest absolute Gasteiger partial charge is 0.193 e. The van der Waals surface area contributed by atoms with E-state index in [4.69, 9.17) is 10.5 Å². The van der Waals surface area contributed by atoms with Crippen LogP contribution in [-0.2, 0) is 6.42 Å². The molecule has 0 heterocycles. The third kappa shape index (κ3) is 5.33. The van der Waals surface area contributed by atoms with Crippen molar-refractivity contribution < 1.29 is 4.74 Å². The van der Waals surface area contributed by atoms with Crippen LogP contribution in [0.3, 0.4) is 0 Å². The summed E-state index contributed by atoms with van der Waals surface area (Å²) in [6, 6.07) is 16.3. The quantitative estimate of drug-likeness (QED) is 0.630. The maximum atomic E-state index is 5.96. The molecule has 3 N–H and O–H groups in total. The number of nitrogens with two attached hydrogens (primary N) is 1. The monoisotopic (exact) mass is 311 g/mol. The van der Waals surface area contributed by atoms with Crippen LogP contribution in [0.25, 0.3) is 0 Å². The van der Waals surface area contributed by atoms with Crippen LogP contribution in [0.15, 0.2) is 53.5 Å². The van der Waals surface area contributed by atoms with Crippen LogP contribution in [-0.4, -0.2) is 19.6 Å². The highest BCUT2D eigenvalue weighted by atomic mass is 16.5. The van der Waals surface area contributed by atoms with Crippen molar-refractivity contribution in [2.45, 2.75) is 26.2 Å². The van der Waals surface area contributed by atoms with Gasteiger partial charge in [-0.15, -0.1) is 0 Å². The molecule has 0 spiro atoms. The van der Waals surface area contributed by atoms with Crippen molar-refractivity contribution in [3.63, 3.8) is 0 Å². The van der Waals surface area contributed by atoms with Gasteiger partial charge in [0.1, 0.15) is 5.75 Å². The zero-order valence-corrected chi connectivity index (χ0v) is 14.0. The number of anilines is 1. The van der Waals surface area contributed by atoms with Crippen molar-refractivity contribution in [1.82, 2.24) is 0 Å². The minimum atomic E-state index is 0.444. The zero-order chi connectivity index (χ0) is 16.7. The van der Waals surface area contributed by atoms with Gasteiger partial charge in [0.15, 0.2) is 5.96 Å². The average molecular weight is 311 g/mol. The predicted octanol–water partition coefficient (Wildman–Crippen LogP) is 3.79. The Morgan fingerprint density at radius 1 is 1.17 bits per heavy atom. The van der Waals surface area contributed by atoms with E-state index in [-0.39, 0.29) is 0 Å². The van der Waals surface area contributed by atoms with Crippen molar-refractivity contribution in [2.75, 3.05) is 19.0 Å². The van der Waals surface area contributed by atoms with Crippen LogP contribution in [0.2, 0.25) is 0 Å². The Bertz CT molecular complexity index is 648. The molecule has 0 fully saturated rings. The molecule has 0 aliphatic rings. The molecule has 0 aliphatic carbocycles. The fourth-order valence-corrected chi connectivity index (χ4v) is 2.26. The van der Waals surface area contributed by atoms with E-state index >= 15 is 0 Å². The molecule has 0 unspecified atom stereocenters. The molecule has 0 saturated heterocycles. The molecule has 0 atom stereocenters. The summed E-state index contributed by atoms with van der Waals surface area (Å²) in [6.45, 7) is 4.99. The first-order valence-electron chi connectivity index (χ1n) is 7.88. The molecule has 0 saturated carbocycles. The summed E-state index contributed by atoms with van der Waals surface area (Å²) >= 11 is 0. The standard InChI is InChI=1S/C19H25N3O/c1-14(2)16-5-4-6-17(13-16)22-19(20)21-12-11-15-7-9-18(23-3)10-8-15/h4-10,13-14H,11-12H2,1-3H3,(H3,20,21,22). The Morgan fingerprint density at radius 2 is 1.91 bits per heavy atom. The van der Waals surface area contributed by atoms with Crippen LogP contribution >= 0.6 is 0 Å². The molecule has 0 amide bonds. The van der Waals surface area contributed by atoms with E-state index in [0.717, 1.165) is 17.9 Å². The van der Waals surface area contributed by atoms with Gasteiger partial charge in [-0.1, -0.05) is 38.1 Å². The average Bonchev–Trinajstić information content (AvgIpc) is 2.55. The Kier molecular flexibility index (Phi) is 6.03. The van der Waals surface area contributed by atoms with Gasteiger partial charge in [-0.2, -0.15) is 0 Å². The zero-order valence-electron chi connectivity index (χ0n) is 14.0. The van der Waals surface area contributed by atoms with Gasteiger partial charge in [-0.25, -0.2) is 0 Å². The molecule has 23 heavy (non-hydrogen) atoms. The van der Waals surface area contributed by atoms with Crippen LogP contribution in [0.1, 0.15) is 30.9 Å². The number of hydrogen-bond donors (Lipinski definition) is 2. The maximum Gasteiger partial charge on any atom is 0.193 e. The normalized spacial score (nSPS) is 11.6. The van der Waals surface area contributed by atoms with E-state index in [2.05, 4.69) is 36.3 Å². The summed E-state index contributed by atoms with van der Waals surface area (Å²) < 4.78 is 5.15. The second kappa shape index (κ2) is 8.22. The Labute approximate surface area is 138 Å². The van der Waals surface area contributed by atoms with Crippen LogP contribution in [0.5, 0.6) is 5.75 Å². The van der Waals surface area contributed by atoms with Crippen LogP contribution < -0.4 is 15.8 Å². The SMILES string of the molecule is COc1ccc(CCN=C(N)Nc2cccc(C(C)C)c2)cc1. The van der Waals surface area contributed by atoms with E-state index in [1.165, 1.54) is 11.1 Å². The van der Waals surface area contributed by atoms with Crippen molar-refractivity contribution in [3.05, 3.63) is 59.7 Å². The fourth-order valence-electron chi connectivity index (χ4n) is 2.26. The van der Waals surface area contributed by atoms with E-state index in [1.807, 2.05) is 36.4 Å². The topological polar surface area (TPSA) is 59.6 Å². The first-order valence-corrected chi connectivity index (χ1v) is 7.88. The van der Waals surface area contributed by atoms with Crippen molar-refractivity contribution >= 4 is 11.6 Å². The molecule has 2 aromatic rings. The minimum absolute atomic E-state index is 0.444. The molecule has 0 aliphatic heterocycles. The number of benzene rings is 2. The molecule has 0 aromatic heterocycles. The van der Waals surface area contributed by atoms with Gasteiger partial charge >= 0.3 is 0 Å². The third-order valence-electron chi connectivity index (χ3n) is 3.67. The van der Waals surface area contributed by atoms with Crippen molar-refractivity contribution in [2.24, 2.45) is 10.7 Å². The van der Waals surface area contributed by atoms with Gasteiger partial charge in [0.2, 0.25) is 0 Å². The number of aliphatic imine (C=N–C) groups is 1. The number of ether oxygens (including phenoxy) is 1. The lowest BCUT2D eigenvalue weighted by molar-refractivity contribution is 0.414. The highest BCUT2D eigenvalue weighted by Gasteiger charge is 2.01. The Morgan fingerprint density at radius 3 is 2.57 bits per heavy atom. The summed E-state index contributed by atoms with van der Waals surface area (Å²) in [5, 5.41) is 3.15. The van der Waals surface area contributed by atoms with Gasteiger partial charge in [0.25, 0.3) is 0 Å². The van der Waals surface area contributed by atoms with E-state index in [9.17, 15) is 0 Å². The Hall–Kier alpha value is -2.49. The summed E-state index contributed by atoms with van der Waals surface area (Å²) in [5.41, 5.74) is 9.43. The van der Waals surface area contributed by atoms with Gasteiger partial charge in [-0.05, 0) is 47.7 Å². The molecule has 122 valence electrons. The number of hydrogen-bond acceptors (Lipinski definition) is 2. The van der Waals surface area contributed by atoms with E-state index in [0.29, 0.717) is 18.4 Å². The lowest BCUT2D eigenvalue weighted by Crippen LogP contribution is -2.23. The highest BCUT2D eigenvalue weighted by molar-refractivity contribution is 5.92. The number of nitrogens with one attached hydrogen (secondary N) is 1. The van der Waals surface area contributed by atoms with Crippen molar-refractivity contribution in [3.8, 4) is 5.75 Å². The molecule has 0 radical (unpaired) electrons.